The van der Waals surface area contributed by atoms with Gasteiger partial charge in [0.25, 0.3) is 11.5 Å². The van der Waals surface area contributed by atoms with E-state index in [4.69, 9.17) is 10.5 Å². The number of nitrogens with one attached hydrogen (secondary N) is 1. The number of hydrogen-bond acceptors (Lipinski definition) is 7. The van der Waals surface area contributed by atoms with Crippen LogP contribution in [0.25, 0.3) is 0 Å². The predicted molar refractivity (Wildman–Crippen MR) is 140 cm³/mol. The Balaban J connectivity index is 1.87. The normalized spacial score (nSPS) is 14.5. The van der Waals surface area contributed by atoms with Crippen LogP contribution in [-0.4, -0.2) is 72.8 Å². The number of carbonyl (C=O) groups is 1. The lowest BCUT2D eigenvalue weighted by atomic mass is 10.1. The molecule has 2 aromatic rings. The van der Waals surface area contributed by atoms with Gasteiger partial charge in [-0.15, -0.1) is 0 Å². The first-order valence-electron chi connectivity index (χ1n) is 12.3. The smallest absolute Gasteiger partial charge is 0.330 e. The van der Waals surface area contributed by atoms with Crippen LogP contribution in [0.15, 0.2) is 33.9 Å². The number of nitrogen functional groups attached to an aromatic ring is 1. The molecule has 192 valence electrons. The number of nitrogens with two attached hydrogens (primary N) is 1. The number of methoxy groups -OCH3 is 1. The van der Waals surface area contributed by atoms with E-state index in [1.807, 2.05) is 19.1 Å². The summed E-state index contributed by atoms with van der Waals surface area (Å²) in [7, 11) is 1.52. The average molecular weight is 487 g/mol. The monoisotopic (exact) mass is 486 g/mol. The van der Waals surface area contributed by atoms with Crippen LogP contribution in [-0.2, 0) is 11.3 Å². The van der Waals surface area contributed by atoms with E-state index in [9.17, 15) is 14.4 Å². The molecule has 10 heteroatoms. The molecule has 0 unspecified atom stereocenters. The molecule has 0 spiro atoms. The summed E-state index contributed by atoms with van der Waals surface area (Å²) >= 11 is 0. The van der Waals surface area contributed by atoms with E-state index in [-0.39, 0.29) is 30.6 Å². The van der Waals surface area contributed by atoms with E-state index >= 15 is 0 Å². The van der Waals surface area contributed by atoms with Crippen LogP contribution < -0.4 is 26.8 Å². The standard InChI is InChI=1S/C25H38N6O4/c1-5-6-11-31-22(26)21(23(32)27-25(31)34)30(16-17-35-4)24(33)19-7-9-20(10-8-19)29-14-12-28(13-15-29)18(2)3/h7-10,18H,5-6,11-17,26H2,1-4H3,(H,27,32,34). The number of H-pyrrole nitrogens is 1. The van der Waals surface area contributed by atoms with Crippen LogP contribution in [0.3, 0.4) is 0 Å². The predicted octanol–water partition coefficient (Wildman–Crippen LogP) is 1.74. The van der Waals surface area contributed by atoms with Gasteiger partial charge in [0.2, 0.25) is 0 Å². The molecule has 1 aromatic heterocycles. The van der Waals surface area contributed by atoms with Crippen molar-refractivity contribution in [3.63, 3.8) is 0 Å². The Morgan fingerprint density at radius 1 is 1.14 bits per heavy atom. The summed E-state index contributed by atoms with van der Waals surface area (Å²) in [6.45, 7) is 10.9. The number of piperazine rings is 1. The maximum atomic E-state index is 13.5. The third kappa shape index (κ3) is 6.12. The van der Waals surface area contributed by atoms with Crippen LogP contribution in [0.2, 0.25) is 0 Å². The third-order valence-electron chi connectivity index (χ3n) is 6.51. The Kier molecular flexibility index (Phi) is 9.11. The number of aromatic nitrogens is 2. The highest BCUT2D eigenvalue weighted by Gasteiger charge is 2.26. The van der Waals surface area contributed by atoms with E-state index in [0.717, 1.165) is 38.3 Å². The van der Waals surface area contributed by atoms with Gasteiger partial charge in [-0.05, 0) is 44.5 Å². The molecule has 0 atom stereocenters. The fourth-order valence-electron chi connectivity index (χ4n) is 4.34. The number of ether oxygens (including phenoxy) is 1. The summed E-state index contributed by atoms with van der Waals surface area (Å²) in [5.41, 5.74) is 6.45. The minimum absolute atomic E-state index is 0.0173. The molecule has 1 fully saturated rings. The van der Waals surface area contributed by atoms with Gasteiger partial charge in [-0.2, -0.15) is 0 Å². The SMILES string of the molecule is CCCCn1c(N)c(N(CCOC)C(=O)c2ccc(N3CCN(C(C)C)CC3)cc2)c(=O)[nH]c1=O. The number of benzene rings is 1. The summed E-state index contributed by atoms with van der Waals surface area (Å²) in [5.74, 6) is -0.396. The summed E-state index contributed by atoms with van der Waals surface area (Å²) in [4.78, 5) is 47.0. The highest BCUT2D eigenvalue weighted by atomic mass is 16.5. The number of anilines is 3. The second-order valence-corrected chi connectivity index (χ2v) is 9.11. The van der Waals surface area contributed by atoms with Crippen molar-refractivity contribution in [2.75, 3.05) is 62.0 Å². The molecule has 3 rings (SSSR count). The first-order valence-corrected chi connectivity index (χ1v) is 12.3. The molecular weight excluding hydrogens is 448 g/mol. The Hall–Kier alpha value is -3.11. The number of rotatable bonds is 10. The Labute approximate surface area is 206 Å². The number of unbranched alkanes of at least 4 members (excludes halogenated alkanes) is 1. The van der Waals surface area contributed by atoms with Gasteiger partial charge in [0.1, 0.15) is 5.82 Å². The lowest BCUT2D eigenvalue weighted by Gasteiger charge is -2.38. The van der Waals surface area contributed by atoms with Crippen LogP contribution >= 0.6 is 0 Å². The number of carbonyl (C=O) groups excluding carboxylic acids is 1. The zero-order chi connectivity index (χ0) is 25.5. The van der Waals surface area contributed by atoms with Gasteiger partial charge >= 0.3 is 5.69 Å². The summed E-state index contributed by atoms with van der Waals surface area (Å²) in [5, 5.41) is 0. The van der Waals surface area contributed by atoms with Crippen molar-refractivity contribution in [1.82, 2.24) is 14.5 Å². The van der Waals surface area contributed by atoms with Crippen LogP contribution in [0, 0.1) is 0 Å². The summed E-state index contributed by atoms with van der Waals surface area (Å²) in [6.07, 6.45) is 1.57. The zero-order valence-electron chi connectivity index (χ0n) is 21.2. The second kappa shape index (κ2) is 12.0. The van der Waals surface area contributed by atoms with Gasteiger partial charge in [-0.1, -0.05) is 13.3 Å². The quantitative estimate of drug-likeness (QED) is 0.525. The van der Waals surface area contributed by atoms with Crippen molar-refractivity contribution in [3.05, 3.63) is 50.7 Å². The fourth-order valence-corrected chi connectivity index (χ4v) is 4.34. The minimum Gasteiger partial charge on any atom is -0.383 e. The zero-order valence-corrected chi connectivity index (χ0v) is 21.2. The highest BCUT2D eigenvalue weighted by Crippen LogP contribution is 2.22. The number of amides is 1. The lowest BCUT2D eigenvalue weighted by molar-refractivity contribution is 0.0975. The molecule has 10 nitrogen and oxygen atoms in total. The topological polar surface area (TPSA) is 117 Å². The van der Waals surface area contributed by atoms with Gasteiger partial charge in [0, 0.05) is 63.7 Å². The van der Waals surface area contributed by atoms with Crippen molar-refractivity contribution >= 4 is 23.1 Å². The molecule has 1 amide bonds. The van der Waals surface area contributed by atoms with E-state index in [2.05, 4.69) is 28.6 Å². The Bertz CT molecular complexity index is 1100. The molecule has 0 saturated carbocycles. The summed E-state index contributed by atoms with van der Waals surface area (Å²) < 4.78 is 6.49. The number of aromatic amines is 1. The molecule has 0 bridgehead atoms. The van der Waals surface area contributed by atoms with Crippen LogP contribution in [0.4, 0.5) is 17.2 Å². The Morgan fingerprint density at radius 3 is 2.37 bits per heavy atom. The summed E-state index contributed by atoms with van der Waals surface area (Å²) in [6, 6.07) is 7.93. The first-order chi connectivity index (χ1) is 16.8. The van der Waals surface area contributed by atoms with Crippen molar-refractivity contribution in [3.8, 4) is 0 Å². The lowest BCUT2D eigenvalue weighted by Crippen LogP contribution is -2.48. The minimum atomic E-state index is -0.690. The molecule has 1 aliphatic rings. The van der Waals surface area contributed by atoms with Crippen molar-refractivity contribution in [2.24, 2.45) is 0 Å². The van der Waals surface area contributed by atoms with Gasteiger partial charge in [0.15, 0.2) is 5.69 Å². The fraction of sp³-hybridized carbons (Fsp3) is 0.560. The second-order valence-electron chi connectivity index (χ2n) is 9.11. The first kappa shape index (κ1) is 26.5. The van der Waals surface area contributed by atoms with Gasteiger partial charge < -0.3 is 15.4 Å². The van der Waals surface area contributed by atoms with Gasteiger partial charge in [-0.3, -0.25) is 28.9 Å². The molecule has 35 heavy (non-hydrogen) atoms. The van der Waals surface area contributed by atoms with E-state index in [0.29, 0.717) is 24.6 Å². The van der Waals surface area contributed by atoms with Crippen molar-refractivity contribution < 1.29 is 9.53 Å². The van der Waals surface area contributed by atoms with E-state index in [1.165, 1.54) is 16.6 Å². The van der Waals surface area contributed by atoms with Gasteiger partial charge in [0.05, 0.1) is 6.61 Å². The largest absolute Gasteiger partial charge is 0.383 e. The highest BCUT2D eigenvalue weighted by molar-refractivity contribution is 6.07. The molecule has 1 aliphatic heterocycles. The molecule has 3 N–H and O–H groups in total. The molecule has 0 radical (unpaired) electrons. The third-order valence-corrected chi connectivity index (χ3v) is 6.51. The molecule has 0 aliphatic carbocycles. The number of hydrogen-bond donors (Lipinski definition) is 2. The van der Waals surface area contributed by atoms with Gasteiger partial charge in [-0.25, -0.2) is 4.79 Å². The van der Waals surface area contributed by atoms with Crippen LogP contribution in [0.5, 0.6) is 0 Å². The number of nitrogens with zero attached hydrogens (tertiary/aromatic N) is 4. The van der Waals surface area contributed by atoms with Crippen molar-refractivity contribution in [2.45, 2.75) is 46.2 Å². The molecule has 1 aromatic carbocycles. The van der Waals surface area contributed by atoms with E-state index < -0.39 is 11.2 Å². The molecule has 2 heterocycles. The maximum absolute atomic E-state index is 13.5. The van der Waals surface area contributed by atoms with E-state index in [1.54, 1.807) is 12.1 Å². The molecular formula is C25H38N6O4. The Morgan fingerprint density at radius 2 is 1.80 bits per heavy atom. The van der Waals surface area contributed by atoms with Crippen LogP contribution in [0.1, 0.15) is 44.0 Å². The maximum Gasteiger partial charge on any atom is 0.330 e. The average Bonchev–Trinajstić information content (AvgIpc) is 2.85. The van der Waals surface area contributed by atoms with Crippen molar-refractivity contribution in [1.29, 1.82) is 0 Å². The molecule has 1 saturated heterocycles.